The van der Waals surface area contributed by atoms with E-state index in [1.165, 1.54) is 21.5 Å². The number of hydrogen-bond donors (Lipinski definition) is 0. The van der Waals surface area contributed by atoms with Crippen LogP contribution >= 0.6 is 0 Å². The number of ether oxygens (including phenoxy) is 2. The van der Waals surface area contributed by atoms with Crippen LogP contribution in [-0.4, -0.2) is 14.2 Å². The average Bonchev–Trinajstić information content (AvgIpc) is 2.90. The highest BCUT2D eigenvalue weighted by atomic mass is 16.5. The Hall–Kier alpha value is -4.30. The molecular formula is C32H26O2. The van der Waals surface area contributed by atoms with Gasteiger partial charge in [-0.15, -0.1) is 0 Å². The normalized spacial score (nSPS) is 11.6. The fourth-order valence-electron chi connectivity index (χ4n) is 4.38. The van der Waals surface area contributed by atoms with E-state index in [1.807, 2.05) is 12.1 Å². The number of methoxy groups -OCH3 is 2. The summed E-state index contributed by atoms with van der Waals surface area (Å²) in [4.78, 5) is 0. The lowest BCUT2D eigenvalue weighted by atomic mass is 10.0. The van der Waals surface area contributed by atoms with Crippen molar-refractivity contribution in [2.75, 3.05) is 14.2 Å². The van der Waals surface area contributed by atoms with Gasteiger partial charge in [0.1, 0.15) is 11.5 Å². The molecule has 2 heteroatoms. The lowest BCUT2D eigenvalue weighted by Gasteiger charge is -2.09. The van der Waals surface area contributed by atoms with Crippen LogP contribution in [-0.2, 0) is 0 Å². The van der Waals surface area contributed by atoms with Crippen molar-refractivity contribution in [3.8, 4) is 11.5 Å². The number of fused-ring (bicyclic) bond motifs is 2. The third-order valence-electron chi connectivity index (χ3n) is 6.10. The first kappa shape index (κ1) is 21.5. The minimum atomic E-state index is 0.869. The van der Waals surface area contributed by atoms with Crippen LogP contribution in [0.3, 0.4) is 0 Å². The van der Waals surface area contributed by atoms with Crippen LogP contribution in [0.25, 0.3) is 45.8 Å². The average molecular weight is 443 g/mol. The molecule has 0 aromatic heterocycles. The van der Waals surface area contributed by atoms with Crippen molar-refractivity contribution in [3.05, 3.63) is 119 Å². The van der Waals surface area contributed by atoms with Gasteiger partial charge in [-0.05, 0) is 50.9 Å². The predicted octanol–water partition coefficient (Wildman–Crippen LogP) is 8.35. The minimum Gasteiger partial charge on any atom is -0.496 e. The summed E-state index contributed by atoms with van der Waals surface area (Å²) in [5.41, 5.74) is 4.42. The molecular weight excluding hydrogens is 416 g/mol. The smallest absolute Gasteiger partial charge is 0.126 e. The van der Waals surface area contributed by atoms with E-state index in [0.29, 0.717) is 0 Å². The summed E-state index contributed by atoms with van der Waals surface area (Å²) < 4.78 is 11.3. The molecule has 5 rings (SSSR count). The molecule has 0 N–H and O–H groups in total. The standard InChI is InChI=1S/C32H26O2/c1-33-31-20-16-25-10-3-5-12-27(25)29(31)18-14-23-8-7-9-24(22-23)15-19-30-28-13-6-4-11-26(28)17-21-32(30)34-2/h3-22H,1-2H3/b18-14+,19-15+. The highest BCUT2D eigenvalue weighted by molar-refractivity contribution is 5.96. The largest absolute Gasteiger partial charge is 0.496 e. The van der Waals surface area contributed by atoms with Gasteiger partial charge in [-0.25, -0.2) is 0 Å². The van der Waals surface area contributed by atoms with E-state index in [4.69, 9.17) is 9.47 Å². The maximum absolute atomic E-state index is 5.64. The molecule has 0 amide bonds. The molecule has 0 bridgehead atoms. The Kier molecular flexibility index (Phi) is 6.13. The number of benzene rings is 5. The lowest BCUT2D eigenvalue weighted by molar-refractivity contribution is 0.414. The summed E-state index contributed by atoms with van der Waals surface area (Å²) >= 11 is 0. The van der Waals surface area contributed by atoms with Gasteiger partial charge >= 0.3 is 0 Å². The van der Waals surface area contributed by atoms with Crippen molar-refractivity contribution in [1.82, 2.24) is 0 Å². The lowest BCUT2D eigenvalue weighted by Crippen LogP contribution is -1.88. The van der Waals surface area contributed by atoms with E-state index in [0.717, 1.165) is 33.8 Å². The van der Waals surface area contributed by atoms with Crippen LogP contribution in [0.2, 0.25) is 0 Å². The molecule has 34 heavy (non-hydrogen) atoms. The minimum absolute atomic E-state index is 0.869. The van der Waals surface area contributed by atoms with Gasteiger partial charge in [-0.3, -0.25) is 0 Å². The summed E-state index contributed by atoms with van der Waals surface area (Å²) in [6.07, 6.45) is 8.55. The molecule has 5 aromatic rings. The molecule has 0 atom stereocenters. The van der Waals surface area contributed by atoms with Gasteiger partial charge < -0.3 is 9.47 Å². The maximum atomic E-state index is 5.64. The topological polar surface area (TPSA) is 18.5 Å². The highest BCUT2D eigenvalue weighted by Crippen LogP contribution is 2.31. The van der Waals surface area contributed by atoms with Gasteiger partial charge in [-0.2, -0.15) is 0 Å². The summed E-state index contributed by atoms with van der Waals surface area (Å²) in [7, 11) is 3.43. The second-order valence-corrected chi connectivity index (χ2v) is 8.14. The molecule has 0 heterocycles. The van der Waals surface area contributed by atoms with E-state index in [1.54, 1.807) is 14.2 Å². The first-order valence-corrected chi connectivity index (χ1v) is 11.3. The zero-order valence-corrected chi connectivity index (χ0v) is 19.4. The van der Waals surface area contributed by atoms with Crippen LogP contribution in [0.15, 0.2) is 97.1 Å². The maximum Gasteiger partial charge on any atom is 0.126 e. The molecule has 0 aliphatic carbocycles. The van der Waals surface area contributed by atoms with Gasteiger partial charge in [0.15, 0.2) is 0 Å². The van der Waals surface area contributed by atoms with Crippen molar-refractivity contribution >= 4 is 45.8 Å². The van der Waals surface area contributed by atoms with E-state index < -0.39 is 0 Å². The molecule has 0 aliphatic heterocycles. The first-order valence-electron chi connectivity index (χ1n) is 11.3. The Balaban J connectivity index is 1.48. The van der Waals surface area contributed by atoms with Crippen molar-refractivity contribution in [1.29, 1.82) is 0 Å². The van der Waals surface area contributed by atoms with Gasteiger partial charge in [0.25, 0.3) is 0 Å². The fraction of sp³-hybridized carbons (Fsp3) is 0.0625. The Morgan fingerprint density at radius 1 is 0.471 bits per heavy atom. The van der Waals surface area contributed by atoms with E-state index in [2.05, 4.69) is 109 Å². The molecule has 0 saturated heterocycles. The molecule has 0 fully saturated rings. The first-order chi connectivity index (χ1) is 16.8. The van der Waals surface area contributed by atoms with Gasteiger partial charge in [-0.1, -0.05) is 103 Å². The zero-order chi connectivity index (χ0) is 23.3. The van der Waals surface area contributed by atoms with Crippen LogP contribution in [0, 0.1) is 0 Å². The second-order valence-electron chi connectivity index (χ2n) is 8.14. The zero-order valence-electron chi connectivity index (χ0n) is 19.4. The van der Waals surface area contributed by atoms with Crippen LogP contribution in [0.4, 0.5) is 0 Å². The Morgan fingerprint density at radius 3 is 1.41 bits per heavy atom. The molecule has 2 nitrogen and oxygen atoms in total. The van der Waals surface area contributed by atoms with Crippen LogP contribution in [0.5, 0.6) is 11.5 Å². The molecule has 0 saturated carbocycles. The van der Waals surface area contributed by atoms with E-state index in [-0.39, 0.29) is 0 Å². The molecule has 0 spiro atoms. The Morgan fingerprint density at radius 2 is 0.941 bits per heavy atom. The van der Waals surface area contributed by atoms with Gasteiger partial charge in [0, 0.05) is 11.1 Å². The molecule has 0 unspecified atom stereocenters. The van der Waals surface area contributed by atoms with Gasteiger partial charge in [0.2, 0.25) is 0 Å². The van der Waals surface area contributed by atoms with Gasteiger partial charge in [0.05, 0.1) is 14.2 Å². The number of hydrogen-bond acceptors (Lipinski definition) is 2. The van der Waals surface area contributed by atoms with E-state index >= 15 is 0 Å². The summed E-state index contributed by atoms with van der Waals surface area (Å²) in [6.45, 7) is 0. The summed E-state index contributed by atoms with van der Waals surface area (Å²) in [5, 5.41) is 4.75. The van der Waals surface area contributed by atoms with Crippen molar-refractivity contribution < 1.29 is 9.47 Å². The number of rotatable bonds is 6. The van der Waals surface area contributed by atoms with Crippen LogP contribution < -0.4 is 9.47 Å². The van der Waals surface area contributed by atoms with E-state index in [9.17, 15) is 0 Å². The second kappa shape index (κ2) is 9.68. The molecule has 166 valence electrons. The summed E-state index contributed by atoms with van der Waals surface area (Å²) in [5.74, 6) is 1.74. The highest BCUT2D eigenvalue weighted by Gasteiger charge is 2.06. The quantitative estimate of drug-likeness (QED) is 0.246. The molecule has 5 aromatic carbocycles. The third kappa shape index (κ3) is 4.31. The molecule has 0 aliphatic rings. The predicted molar refractivity (Wildman–Crippen MR) is 145 cm³/mol. The fourth-order valence-corrected chi connectivity index (χ4v) is 4.38. The Bertz CT molecular complexity index is 1410. The monoisotopic (exact) mass is 442 g/mol. The van der Waals surface area contributed by atoms with Crippen molar-refractivity contribution in [3.63, 3.8) is 0 Å². The molecule has 0 radical (unpaired) electrons. The Labute approximate surface area is 200 Å². The summed E-state index contributed by atoms with van der Waals surface area (Å²) in [6, 6.07) is 33.5. The van der Waals surface area contributed by atoms with Crippen molar-refractivity contribution in [2.24, 2.45) is 0 Å². The van der Waals surface area contributed by atoms with Crippen LogP contribution in [0.1, 0.15) is 22.3 Å². The third-order valence-corrected chi connectivity index (χ3v) is 6.10. The SMILES string of the molecule is COc1ccc2ccccc2c1/C=C/c1cccc(/C=C/c2c(OC)ccc3ccccc23)c1. The van der Waals surface area contributed by atoms with Crippen molar-refractivity contribution in [2.45, 2.75) is 0 Å².